The number of hydrogen-bond donors (Lipinski definition) is 2. The van der Waals surface area contributed by atoms with Crippen molar-refractivity contribution >= 4 is 23.1 Å². The summed E-state index contributed by atoms with van der Waals surface area (Å²) >= 11 is 6.13. The van der Waals surface area contributed by atoms with Crippen LogP contribution in [0.3, 0.4) is 0 Å². The van der Waals surface area contributed by atoms with E-state index >= 15 is 0 Å². The number of nitrogens with zero attached hydrogens (tertiary/aromatic N) is 7. The SMILES string of the molecule is Cn1ncc(-c2nccc(N)n2)c1OCCC(C)(C)Nc1cc(Cl)ncc1C#Cc1cnn(CC(F)(F)F)c1. The van der Waals surface area contributed by atoms with Crippen molar-refractivity contribution in [3.05, 3.63) is 59.4 Å². The first-order chi connectivity index (χ1) is 18.4. The van der Waals surface area contributed by atoms with E-state index in [0.29, 0.717) is 52.9 Å². The fourth-order valence-corrected chi connectivity index (χ4v) is 3.71. The molecule has 14 heteroatoms. The highest BCUT2D eigenvalue weighted by Crippen LogP contribution is 2.28. The fourth-order valence-electron chi connectivity index (χ4n) is 3.55. The number of halogens is 4. The predicted octanol–water partition coefficient (Wildman–Crippen LogP) is 4.33. The smallest absolute Gasteiger partial charge is 0.408 e. The average Bonchev–Trinajstić information content (AvgIpc) is 3.43. The van der Waals surface area contributed by atoms with Gasteiger partial charge in [-0.3, -0.25) is 4.68 Å². The highest BCUT2D eigenvalue weighted by molar-refractivity contribution is 6.29. The van der Waals surface area contributed by atoms with Gasteiger partial charge in [-0.25, -0.2) is 19.6 Å². The van der Waals surface area contributed by atoms with Crippen LogP contribution in [0.15, 0.2) is 43.1 Å². The van der Waals surface area contributed by atoms with Gasteiger partial charge in [0, 0.05) is 37.6 Å². The first-order valence-electron chi connectivity index (χ1n) is 11.7. The molecule has 4 aromatic heterocycles. The molecule has 0 unspecified atom stereocenters. The molecule has 0 aliphatic heterocycles. The minimum atomic E-state index is -4.37. The molecule has 0 spiro atoms. The molecule has 0 radical (unpaired) electrons. The van der Waals surface area contributed by atoms with Gasteiger partial charge in [0.25, 0.3) is 0 Å². The van der Waals surface area contributed by atoms with Gasteiger partial charge in [0.2, 0.25) is 5.88 Å². The van der Waals surface area contributed by atoms with Crippen LogP contribution in [0, 0.1) is 11.8 Å². The summed E-state index contributed by atoms with van der Waals surface area (Å²) in [5, 5.41) is 11.6. The Kier molecular flexibility index (Phi) is 7.96. The van der Waals surface area contributed by atoms with Gasteiger partial charge in [0.15, 0.2) is 5.82 Å². The first kappa shape index (κ1) is 27.7. The van der Waals surface area contributed by atoms with Crippen molar-refractivity contribution in [2.75, 3.05) is 17.7 Å². The Bertz CT molecular complexity index is 1520. The normalized spacial score (nSPS) is 11.7. The second-order valence-corrected chi connectivity index (χ2v) is 9.63. The highest BCUT2D eigenvalue weighted by atomic mass is 35.5. The van der Waals surface area contributed by atoms with Crippen LogP contribution < -0.4 is 15.8 Å². The van der Waals surface area contributed by atoms with E-state index in [2.05, 4.69) is 42.3 Å². The van der Waals surface area contributed by atoms with E-state index in [1.54, 1.807) is 36.3 Å². The number of nitrogens with one attached hydrogen (secondary N) is 1. The lowest BCUT2D eigenvalue weighted by molar-refractivity contribution is -0.142. The molecular weight excluding hydrogens is 535 g/mol. The fraction of sp³-hybridized carbons (Fsp3) is 0.320. The van der Waals surface area contributed by atoms with Crippen LogP contribution >= 0.6 is 11.6 Å². The van der Waals surface area contributed by atoms with E-state index < -0.39 is 18.3 Å². The lowest BCUT2D eigenvalue weighted by Crippen LogP contribution is -2.33. The van der Waals surface area contributed by atoms with E-state index in [0.717, 1.165) is 4.68 Å². The van der Waals surface area contributed by atoms with Crippen LogP contribution in [0.1, 0.15) is 31.4 Å². The average molecular weight is 560 g/mol. The molecule has 0 bridgehead atoms. The van der Waals surface area contributed by atoms with Gasteiger partial charge < -0.3 is 15.8 Å². The number of nitrogens with two attached hydrogens (primary N) is 1. The van der Waals surface area contributed by atoms with Crippen molar-refractivity contribution in [1.82, 2.24) is 34.5 Å². The molecule has 0 fully saturated rings. The third-order valence-electron chi connectivity index (χ3n) is 5.43. The molecule has 0 saturated heterocycles. The number of rotatable bonds is 8. The number of pyridine rings is 1. The molecule has 0 saturated carbocycles. The molecule has 4 heterocycles. The Labute approximate surface area is 227 Å². The van der Waals surface area contributed by atoms with Crippen LogP contribution in [0.2, 0.25) is 5.15 Å². The number of aromatic nitrogens is 7. The molecule has 39 heavy (non-hydrogen) atoms. The van der Waals surface area contributed by atoms with Crippen LogP contribution in [-0.4, -0.2) is 52.8 Å². The van der Waals surface area contributed by atoms with Crippen LogP contribution in [-0.2, 0) is 13.6 Å². The largest absolute Gasteiger partial charge is 0.477 e. The van der Waals surface area contributed by atoms with Crippen molar-refractivity contribution < 1.29 is 17.9 Å². The van der Waals surface area contributed by atoms with Crippen LogP contribution in [0.25, 0.3) is 11.4 Å². The monoisotopic (exact) mass is 559 g/mol. The first-order valence-corrected chi connectivity index (χ1v) is 12.0. The zero-order valence-corrected chi connectivity index (χ0v) is 22.0. The van der Waals surface area contributed by atoms with Gasteiger partial charge in [0.1, 0.15) is 23.1 Å². The Morgan fingerprint density at radius 1 is 1.13 bits per heavy atom. The Hall–Kier alpha value is -4.31. The van der Waals surface area contributed by atoms with Crippen molar-refractivity contribution in [3.8, 4) is 29.1 Å². The Morgan fingerprint density at radius 2 is 1.92 bits per heavy atom. The lowest BCUT2D eigenvalue weighted by Gasteiger charge is -2.28. The maximum atomic E-state index is 12.6. The lowest BCUT2D eigenvalue weighted by atomic mass is 10.00. The summed E-state index contributed by atoms with van der Waals surface area (Å²) in [5.74, 6) is 7.01. The summed E-state index contributed by atoms with van der Waals surface area (Å²) < 4.78 is 46.2. The molecule has 0 atom stereocenters. The van der Waals surface area contributed by atoms with Crippen molar-refractivity contribution in [2.24, 2.45) is 7.05 Å². The molecule has 4 aromatic rings. The van der Waals surface area contributed by atoms with Crippen molar-refractivity contribution in [2.45, 2.75) is 38.5 Å². The molecule has 10 nitrogen and oxygen atoms in total. The molecule has 0 aliphatic rings. The summed E-state index contributed by atoms with van der Waals surface area (Å²) in [6.45, 7) is 3.10. The van der Waals surface area contributed by atoms with Crippen molar-refractivity contribution in [1.29, 1.82) is 0 Å². The third kappa shape index (κ3) is 7.61. The maximum Gasteiger partial charge on any atom is 0.408 e. The molecule has 0 aliphatic carbocycles. The molecule has 0 aromatic carbocycles. The zero-order valence-electron chi connectivity index (χ0n) is 21.3. The summed E-state index contributed by atoms with van der Waals surface area (Å²) in [6, 6.07) is 3.23. The second-order valence-electron chi connectivity index (χ2n) is 9.24. The van der Waals surface area contributed by atoms with E-state index in [4.69, 9.17) is 22.1 Å². The van der Waals surface area contributed by atoms with Gasteiger partial charge in [0.05, 0.1) is 35.8 Å². The zero-order chi connectivity index (χ0) is 28.2. The van der Waals surface area contributed by atoms with Crippen LogP contribution in [0.4, 0.5) is 24.7 Å². The van der Waals surface area contributed by atoms with E-state index in [1.165, 1.54) is 18.6 Å². The molecule has 0 amide bonds. The molecule has 3 N–H and O–H groups in total. The van der Waals surface area contributed by atoms with Gasteiger partial charge in [-0.1, -0.05) is 23.4 Å². The molecule has 204 valence electrons. The number of ether oxygens (including phenoxy) is 1. The molecule has 4 rings (SSSR count). The van der Waals surface area contributed by atoms with E-state index in [1.807, 2.05) is 13.8 Å². The summed E-state index contributed by atoms with van der Waals surface area (Å²) in [4.78, 5) is 12.6. The standard InChI is InChI=1S/C25H25ClF3N9O/c1-24(2,7-9-39-23-18(13-33-37(23)3)22-31-8-6-21(30)35-22)36-19-10-20(26)32-12-17(19)5-4-16-11-34-38(14-16)15-25(27,28)29/h6,8,10-14H,7,9,15H2,1-3H3,(H,32,36)(H2,30,31,35). The highest BCUT2D eigenvalue weighted by Gasteiger charge is 2.28. The van der Waals surface area contributed by atoms with Gasteiger partial charge in [-0.05, 0) is 26.0 Å². The second kappa shape index (κ2) is 11.2. The van der Waals surface area contributed by atoms with E-state index in [-0.39, 0.29) is 5.15 Å². The van der Waals surface area contributed by atoms with Gasteiger partial charge in [-0.2, -0.15) is 23.4 Å². The minimum Gasteiger partial charge on any atom is -0.477 e. The summed E-state index contributed by atoms with van der Waals surface area (Å²) in [6.07, 6.45) is 3.38. The predicted molar refractivity (Wildman–Crippen MR) is 140 cm³/mol. The Morgan fingerprint density at radius 3 is 2.67 bits per heavy atom. The number of alkyl halides is 3. The van der Waals surface area contributed by atoms with Crippen molar-refractivity contribution in [3.63, 3.8) is 0 Å². The number of nitrogen functional groups attached to an aromatic ring is 1. The topological polar surface area (TPSA) is 122 Å². The minimum absolute atomic E-state index is 0.259. The molecular formula is C25H25ClF3N9O. The van der Waals surface area contributed by atoms with E-state index in [9.17, 15) is 13.2 Å². The number of anilines is 2. The summed E-state index contributed by atoms with van der Waals surface area (Å²) in [7, 11) is 1.76. The third-order valence-corrected chi connectivity index (χ3v) is 5.63. The van der Waals surface area contributed by atoms with Gasteiger partial charge >= 0.3 is 6.18 Å². The van der Waals surface area contributed by atoms with Crippen LogP contribution in [0.5, 0.6) is 5.88 Å². The van der Waals surface area contributed by atoms with Gasteiger partial charge in [-0.15, -0.1) is 0 Å². The maximum absolute atomic E-state index is 12.6. The Balaban J connectivity index is 1.44. The quantitative estimate of drug-likeness (QED) is 0.242. The number of aryl methyl sites for hydroxylation is 1. The summed E-state index contributed by atoms with van der Waals surface area (Å²) in [5.41, 5.74) is 7.40. The number of hydrogen-bond acceptors (Lipinski definition) is 8.